The van der Waals surface area contributed by atoms with Gasteiger partial charge in [0.05, 0.1) is 18.0 Å². The lowest BCUT2D eigenvalue weighted by Gasteiger charge is -2.33. The molecule has 0 spiro atoms. The van der Waals surface area contributed by atoms with Crippen LogP contribution < -0.4 is 9.64 Å². The van der Waals surface area contributed by atoms with Crippen molar-refractivity contribution >= 4 is 23.2 Å². The largest absolute Gasteiger partial charge is 0.481 e. The Morgan fingerprint density at radius 3 is 2.39 bits per heavy atom. The van der Waals surface area contributed by atoms with E-state index in [1.165, 1.54) is 0 Å². The third-order valence-electron chi connectivity index (χ3n) is 6.77. The first-order chi connectivity index (χ1) is 17.4. The van der Waals surface area contributed by atoms with Crippen molar-refractivity contribution in [1.82, 2.24) is 4.90 Å². The molecule has 0 bridgehead atoms. The van der Waals surface area contributed by atoms with E-state index in [4.69, 9.17) is 9.84 Å². The SMILES string of the molecule is CCN(CCC(=O)O)c1ccc2c(c1)OC1=CC(N(CC)CC)C=CC1=C2c1ccccc1C(=O)O. The van der Waals surface area contributed by atoms with Gasteiger partial charge in [0, 0.05) is 41.6 Å². The number of anilines is 1. The maximum atomic E-state index is 12.1. The van der Waals surface area contributed by atoms with Crippen LogP contribution in [0, 0.1) is 0 Å². The van der Waals surface area contributed by atoms with E-state index in [0.29, 0.717) is 30.2 Å². The second-order valence-corrected chi connectivity index (χ2v) is 8.75. The molecular formula is C29H32N2O5. The van der Waals surface area contributed by atoms with E-state index in [1.54, 1.807) is 12.1 Å². The number of hydrogen-bond donors (Lipinski definition) is 2. The molecule has 0 saturated carbocycles. The Balaban J connectivity index is 1.88. The molecular weight excluding hydrogens is 456 g/mol. The fourth-order valence-electron chi connectivity index (χ4n) is 4.89. The number of benzene rings is 2. The van der Waals surface area contributed by atoms with Gasteiger partial charge in [0.25, 0.3) is 0 Å². The van der Waals surface area contributed by atoms with Gasteiger partial charge < -0.3 is 19.8 Å². The Labute approximate surface area is 211 Å². The lowest BCUT2D eigenvalue weighted by Crippen LogP contribution is -2.34. The number of carboxylic acids is 2. The molecule has 2 aromatic carbocycles. The number of fused-ring (bicyclic) bond motifs is 2. The van der Waals surface area contributed by atoms with Crippen LogP contribution >= 0.6 is 0 Å². The van der Waals surface area contributed by atoms with Crippen LogP contribution in [-0.2, 0) is 4.79 Å². The summed E-state index contributed by atoms with van der Waals surface area (Å²) in [5.41, 5.74) is 4.19. The minimum atomic E-state index is -0.986. The van der Waals surface area contributed by atoms with Crippen LogP contribution in [0.25, 0.3) is 5.57 Å². The lowest BCUT2D eigenvalue weighted by atomic mass is 9.85. The van der Waals surface area contributed by atoms with Gasteiger partial charge in [-0.1, -0.05) is 44.2 Å². The molecule has 2 N–H and O–H groups in total. The van der Waals surface area contributed by atoms with Crippen molar-refractivity contribution in [3.05, 3.63) is 88.7 Å². The molecule has 0 saturated heterocycles. The molecule has 0 radical (unpaired) electrons. The molecule has 2 aromatic rings. The third-order valence-corrected chi connectivity index (χ3v) is 6.77. The standard InChI is InChI=1S/C29H32N2O5/c1-4-30(5-2)19-11-13-23-25(17-19)36-26-18-20(31(6-3)16-15-27(32)33)12-14-24(26)28(23)21-9-7-8-10-22(21)29(34)35/h7-14,17-19H,4-6,15-16H2,1-3H3,(H,32,33)(H,34,35). The first-order valence-electron chi connectivity index (χ1n) is 12.4. The van der Waals surface area contributed by atoms with Gasteiger partial charge >= 0.3 is 11.9 Å². The number of hydrogen-bond acceptors (Lipinski definition) is 5. The van der Waals surface area contributed by atoms with Crippen LogP contribution in [-0.4, -0.2) is 59.3 Å². The van der Waals surface area contributed by atoms with E-state index in [2.05, 4.69) is 30.9 Å². The quantitative estimate of drug-likeness (QED) is 0.484. The van der Waals surface area contributed by atoms with Crippen molar-refractivity contribution in [1.29, 1.82) is 0 Å². The number of nitrogens with zero attached hydrogens (tertiary/aromatic N) is 2. The summed E-state index contributed by atoms with van der Waals surface area (Å²) in [6.45, 7) is 9.04. The second-order valence-electron chi connectivity index (χ2n) is 8.75. The number of aliphatic carboxylic acids is 1. The summed E-state index contributed by atoms with van der Waals surface area (Å²) in [7, 11) is 0. The molecule has 0 fully saturated rings. The van der Waals surface area contributed by atoms with Crippen LogP contribution in [0.15, 0.2) is 72.0 Å². The molecule has 188 valence electrons. The number of ether oxygens (including phenoxy) is 1. The highest BCUT2D eigenvalue weighted by Crippen LogP contribution is 2.45. The Bertz CT molecular complexity index is 1260. The summed E-state index contributed by atoms with van der Waals surface area (Å²) < 4.78 is 6.45. The molecule has 1 heterocycles. The van der Waals surface area contributed by atoms with Crippen LogP contribution in [0.3, 0.4) is 0 Å². The van der Waals surface area contributed by atoms with E-state index in [0.717, 1.165) is 35.5 Å². The van der Waals surface area contributed by atoms with Gasteiger partial charge in [0.2, 0.25) is 0 Å². The van der Waals surface area contributed by atoms with E-state index < -0.39 is 11.9 Å². The molecule has 1 unspecified atom stereocenters. The Morgan fingerprint density at radius 1 is 0.972 bits per heavy atom. The van der Waals surface area contributed by atoms with Crippen molar-refractivity contribution in [2.75, 3.05) is 31.1 Å². The molecule has 7 nitrogen and oxygen atoms in total. The zero-order valence-electron chi connectivity index (χ0n) is 20.9. The summed E-state index contributed by atoms with van der Waals surface area (Å²) in [5.74, 6) is -0.507. The topological polar surface area (TPSA) is 90.3 Å². The number of aromatic carboxylic acids is 1. The van der Waals surface area contributed by atoms with E-state index in [9.17, 15) is 14.7 Å². The maximum Gasteiger partial charge on any atom is 0.336 e. The minimum Gasteiger partial charge on any atom is -0.481 e. The Hall–Kier alpha value is -3.84. The summed E-state index contributed by atoms with van der Waals surface area (Å²) in [5, 5.41) is 19.1. The van der Waals surface area contributed by atoms with Crippen LogP contribution in [0.1, 0.15) is 48.7 Å². The first kappa shape index (κ1) is 25.3. The molecule has 2 aliphatic rings. The van der Waals surface area contributed by atoms with Gasteiger partial charge in [-0.2, -0.15) is 0 Å². The molecule has 7 heteroatoms. The average Bonchev–Trinajstić information content (AvgIpc) is 2.88. The third kappa shape index (κ3) is 4.93. The number of carbonyl (C=O) groups is 2. The maximum absolute atomic E-state index is 12.1. The molecule has 0 aromatic heterocycles. The molecule has 1 aliphatic carbocycles. The van der Waals surface area contributed by atoms with Crippen molar-refractivity contribution in [2.24, 2.45) is 0 Å². The van der Waals surface area contributed by atoms with Crippen molar-refractivity contribution in [2.45, 2.75) is 33.2 Å². The normalized spacial score (nSPS) is 16.2. The van der Waals surface area contributed by atoms with Gasteiger partial charge in [-0.15, -0.1) is 0 Å². The summed E-state index contributed by atoms with van der Waals surface area (Å²) in [4.78, 5) is 27.6. The van der Waals surface area contributed by atoms with Crippen molar-refractivity contribution in [3.8, 4) is 5.75 Å². The number of carboxylic acid groups (broad SMARTS) is 2. The predicted molar refractivity (Wildman–Crippen MR) is 141 cm³/mol. The Kier molecular flexibility index (Phi) is 7.60. The van der Waals surface area contributed by atoms with Gasteiger partial charge in [0.15, 0.2) is 0 Å². The zero-order chi connectivity index (χ0) is 25.8. The van der Waals surface area contributed by atoms with Crippen molar-refractivity contribution in [3.63, 3.8) is 0 Å². The zero-order valence-corrected chi connectivity index (χ0v) is 20.9. The van der Waals surface area contributed by atoms with Gasteiger partial charge in [-0.25, -0.2) is 4.79 Å². The van der Waals surface area contributed by atoms with Crippen LogP contribution in [0.5, 0.6) is 5.75 Å². The number of likely N-dealkylation sites (N-methyl/N-ethyl adjacent to an activating group) is 1. The molecule has 0 amide bonds. The lowest BCUT2D eigenvalue weighted by molar-refractivity contribution is -0.136. The second kappa shape index (κ2) is 10.8. The average molecular weight is 489 g/mol. The van der Waals surface area contributed by atoms with E-state index in [1.807, 2.05) is 48.2 Å². The summed E-state index contributed by atoms with van der Waals surface area (Å²) in [6, 6.07) is 12.9. The van der Waals surface area contributed by atoms with Gasteiger partial charge in [-0.3, -0.25) is 9.69 Å². The smallest absolute Gasteiger partial charge is 0.336 e. The number of allylic oxidation sites excluding steroid dienone is 1. The van der Waals surface area contributed by atoms with Crippen molar-refractivity contribution < 1.29 is 24.5 Å². The van der Waals surface area contributed by atoms with Crippen LogP contribution in [0.4, 0.5) is 5.69 Å². The highest BCUT2D eigenvalue weighted by Gasteiger charge is 2.30. The molecule has 1 aliphatic heterocycles. The van der Waals surface area contributed by atoms with Gasteiger partial charge in [0.1, 0.15) is 11.5 Å². The fraction of sp³-hybridized carbons (Fsp3) is 0.310. The molecule has 36 heavy (non-hydrogen) atoms. The molecule has 1 atom stereocenters. The predicted octanol–water partition coefficient (Wildman–Crippen LogP) is 5.04. The molecule has 4 rings (SSSR count). The first-order valence-corrected chi connectivity index (χ1v) is 12.4. The fourth-order valence-corrected chi connectivity index (χ4v) is 4.89. The summed E-state index contributed by atoms with van der Waals surface area (Å²) >= 11 is 0. The van der Waals surface area contributed by atoms with Crippen LogP contribution in [0.2, 0.25) is 0 Å². The Morgan fingerprint density at radius 2 is 1.72 bits per heavy atom. The van der Waals surface area contributed by atoms with E-state index in [-0.39, 0.29) is 18.0 Å². The monoisotopic (exact) mass is 488 g/mol. The highest BCUT2D eigenvalue weighted by molar-refractivity contribution is 6.00. The highest BCUT2D eigenvalue weighted by atomic mass is 16.5. The van der Waals surface area contributed by atoms with E-state index >= 15 is 0 Å². The minimum absolute atomic E-state index is 0.0363. The van der Waals surface area contributed by atoms with Gasteiger partial charge in [-0.05, 0) is 49.9 Å². The number of rotatable bonds is 10. The summed E-state index contributed by atoms with van der Waals surface area (Å²) in [6.07, 6.45) is 6.29.